The molecule has 1 rings (SSSR count). The summed E-state index contributed by atoms with van der Waals surface area (Å²) in [6.07, 6.45) is 5.08. The van der Waals surface area contributed by atoms with E-state index >= 15 is 0 Å². The molecule has 1 N–H and O–H groups in total. The van der Waals surface area contributed by atoms with Gasteiger partial charge < -0.3 is 9.84 Å². The molecule has 24 heavy (non-hydrogen) atoms. The summed E-state index contributed by atoms with van der Waals surface area (Å²) in [5.41, 5.74) is 2.46. The van der Waals surface area contributed by atoms with Crippen LogP contribution in [0.1, 0.15) is 89.3 Å². The van der Waals surface area contributed by atoms with Crippen LogP contribution in [-0.4, -0.2) is 17.7 Å². The monoisotopic (exact) mass is 334 g/mol. The second-order valence-corrected chi connectivity index (χ2v) is 7.67. The first-order chi connectivity index (χ1) is 11.2. The van der Waals surface area contributed by atoms with Crippen LogP contribution in [-0.2, 0) is 14.9 Å². The molecule has 0 aliphatic rings. The zero-order valence-corrected chi connectivity index (χ0v) is 16.2. The Morgan fingerprint density at radius 1 is 1.17 bits per heavy atom. The highest BCUT2D eigenvalue weighted by atomic mass is 16.5. The predicted octanol–water partition coefficient (Wildman–Crippen LogP) is 5.62. The molecular formula is C21H34O3. The number of aryl methyl sites for hydroxylation is 1. The molecule has 3 nitrogen and oxygen atoms in total. The van der Waals surface area contributed by atoms with Crippen molar-refractivity contribution in [3.63, 3.8) is 0 Å². The number of hydrogen-bond acceptors (Lipinski definition) is 3. The smallest absolute Gasteiger partial charge is 0.313 e. The topological polar surface area (TPSA) is 46.5 Å². The van der Waals surface area contributed by atoms with Crippen LogP contribution in [0.3, 0.4) is 0 Å². The van der Waals surface area contributed by atoms with E-state index in [1.807, 2.05) is 26.0 Å². The summed E-state index contributed by atoms with van der Waals surface area (Å²) in [5.74, 6) is -0.0930. The maximum Gasteiger partial charge on any atom is 0.313 e. The third-order valence-electron chi connectivity index (χ3n) is 4.47. The summed E-state index contributed by atoms with van der Waals surface area (Å²) in [5, 5.41) is 10.4. The summed E-state index contributed by atoms with van der Waals surface area (Å²) >= 11 is 0. The molecule has 0 aliphatic heterocycles. The fourth-order valence-corrected chi connectivity index (χ4v) is 2.92. The maximum absolute atomic E-state index is 12.5. The van der Waals surface area contributed by atoms with Crippen molar-refractivity contribution in [3.05, 3.63) is 28.8 Å². The number of phenolic OH excluding ortho intramolecular Hbond substituents is 1. The molecule has 0 spiro atoms. The summed E-state index contributed by atoms with van der Waals surface area (Å²) in [6, 6.07) is 3.88. The molecule has 1 aromatic carbocycles. The zero-order valence-electron chi connectivity index (χ0n) is 16.2. The Bertz CT molecular complexity index is 541. The van der Waals surface area contributed by atoms with Crippen LogP contribution in [0.5, 0.6) is 5.75 Å². The van der Waals surface area contributed by atoms with Gasteiger partial charge >= 0.3 is 5.97 Å². The van der Waals surface area contributed by atoms with Crippen molar-refractivity contribution in [1.29, 1.82) is 0 Å². The van der Waals surface area contributed by atoms with Crippen LogP contribution >= 0.6 is 0 Å². The summed E-state index contributed by atoms with van der Waals surface area (Å²) in [6.45, 7) is 12.8. The van der Waals surface area contributed by atoms with Crippen LogP contribution in [0, 0.1) is 6.92 Å². The Kier molecular flexibility index (Phi) is 7.78. The van der Waals surface area contributed by atoms with Gasteiger partial charge in [0.2, 0.25) is 0 Å². The highest BCUT2D eigenvalue weighted by Gasteiger charge is 2.25. The SMILES string of the molecule is CCCCCCOC(=O)C(CC)c1cc(C)c(O)c(C(C)(C)C)c1. The van der Waals surface area contributed by atoms with Gasteiger partial charge in [-0.1, -0.05) is 66.0 Å². The molecule has 3 heteroatoms. The third-order valence-corrected chi connectivity index (χ3v) is 4.47. The van der Waals surface area contributed by atoms with E-state index in [0.29, 0.717) is 18.8 Å². The maximum atomic E-state index is 12.5. The first-order valence-electron chi connectivity index (χ1n) is 9.23. The van der Waals surface area contributed by atoms with Crippen molar-refractivity contribution >= 4 is 5.97 Å². The van der Waals surface area contributed by atoms with Gasteiger partial charge in [-0.05, 0) is 41.9 Å². The molecule has 0 radical (unpaired) electrons. The molecule has 0 aliphatic carbocycles. The van der Waals surface area contributed by atoms with E-state index in [4.69, 9.17) is 4.74 Å². The minimum atomic E-state index is -0.267. The molecule has 1 unspecified atom stereocenters. The van der Waals surface area contributed by atoms with Crippen molar-refractivity contribution in [2.45, 2.75) is 85.0 Å². The Hall–Kier alpha value is -1.51. The Morgan fingerprint density at radius 2 is 1.83 bits per heavy atom. The number of hydrogen-bond donors (Lipinski definition) is 1. The molecular weight excluding hydrogens is 300 g/mol. The summed E-state index contributed by atoms with van der Waals surface area (Å²) in [7, 11) is 0. The molecule has 0 saturated heterocycles. The molecule has 0 saturated carbocycles. The van der Waals surface area contributed by atoms with Gasteiger partial charge in [0.1, 0.15) is 5.75 Å². The standard InChI is InChI=1S/C21H34O3/c1-7-9-10-11-12-24-20(23)17(8-2)16-13-15(3)19(22)18(14-16)21(4,5)6/h13-14,17,22H,7-12H2,1-6H3. The van der Waals surface area contributed by atoms with Crippen LogP contribution in [0.15, 0.2) is 12.1 Å². The van der Waals surface area contributed by atoms with E-state index in [9.17, 15) is 9.90 Å². The van der Waals surface area contributed by atoms with Gasteiger partial charge in [0, 0.05) is 0 Å². The zero-order chi connectivity index (χ0) is 18.3. The lowest BCUT2D eigenvalue weighted by Gasteiger charge is -2.24. The Morgan fingerprint density at radius 3 is 2.38 bits per heavy atom. The highest BCUT2D eigenvalue weighted by molar-refractivity contribution is 5.78. The summed E-state index contributed by atoms with van der Waals surface area (Å²) < 4.78 is 5.49. The van der Waals surface area contributed by atoms with Gasteiger partial charge in [-0.15, -0.1) is 0 Å². The van der Waals surface area contributed by atoms with Crippen LogP contribution in [0.4, 0.5) is 0 Å². The van der Waals surface area contributed by atoms with Crippen molar-refractivity contribution < 1.29 is 14.6 Å². The van der Waals surface area contributed by atoms with Crippen LogP contribution in [0.2, 0.25) is 0 Å². The number of ether oxygens (including phenoxy) is 1. The van der Waals surface area contributed by atoms with Gasteiger partial charge in [0.25, 0.3) is 0 Å². The highest BCUT2D eigenvalue weighted by Crippen LogP contribution is 2.36. The number of aromatic hydroxyl groups is 1. The average molecular weight is 335 g/mol. The fourth-order valence-electron chi connectivity index (χ4n) is 2.92. The molecule has 0 amide bonds. The van der Waals surface area contributed by atoms with E-state index in [0.717, 1.165) is 29.5 Å². The van der Waals surface area contributed by atoms with Gasteiger partial charge in [-0.2, -0.15) is 0 Å². The van der Waals surface area contributed by atoms with Crippen LogP contribution in [0.25, 0.3) is 0 Å². The number of rotatable bonds is 8. The number of phenols is 1. The van der Waals surface area contributed by atoms with Crippen LogP contribution < -0.4 is 0 Å². The first kappa shape index (κ1) is 20.5. The number of benzene rings is 1. The average Bonchev–Trinajstić information content (AvgIpc) is 2.50. The number of unbranched alkanes of at least 4 members (excludes halogenated alkanes) is 3. The minimum absolute atomic E-state index is 0.154. The second kappa shape index (κ2) is 9.10. The van der Waals surface area contributed by atoms with Crippen molar-refractivity contribution in [2.75, 3.05) is 6.61 Å². The Labute approximate surface area is 147 Å². The molecule has 136 valence electrons. The predicted molar refractivity (Wildman–Crippen MR) is 99.7 cm³/mol. The van der Waals surface area contributed by atoms with Gasteiger partial charge in [-0.3, -0.25) is 4.79 Å². The lowest BCUT2D eigenvalue weighted by Crippen LogP contribution is -2.18. The molecule has 0 aromatic heterocycles. The van der Waals surface area contributed by atoms with Gasteiger partial charge in [0.15, 0.2) is 0 Å². The number of esters is 1. The first-order valence-corrected chi connectivity index (χ1v) is 9.23. The van der Waals surface area contributed by atoms with Gasteiger partial charge in [-0.25, -0.2) is 0 Å². The third kappa shape index (κ3) is 5.54. The number of carbonyl (C=O) groups excluding carboxylic acids is 1. The molecule has 1 aromatic rings. The second-order valence-electron chi connectivity index (χ2n) is 7.67. The largest absolute Gasteiger partial charge is 0.507 e. The minimum Gasteiger partial charge on any atom is -0.507 e. The quantitative estimate of drug-likeness (QED) is 0.496. The molecule has 0 heterocycles. The van der Waals surface area contributed by atoms with Crippen molar-refractivity contribution in [3.8, 4) is 5.75 Å². The lowest BCUT2D eigenvalue weighted by atomic mass is 9.82. The van der Waals surface area contributed by atoms with E-state index in [-0.39, 0.29) is 17.3 Å². The Balaban J connectivity index is 2.92. The lowest BCUT2D eigenvalue weighted by molar-refractivity contribution is -0.145. The number of carbonyl (C=O) groups is 1. The fraction of sp³-hybridized carbons (Fsp3) is 0.667. The van der Waals surface area contributed by atoms with Gasteiger partial charge in [0.05, 0.1) is 12.5 Å². The molecule has 1 atom stereocenters. The normalized spacial score (nSPS) is 12.9. The van der Waals surface area contributed by atoms with E-state index in [1.54, 1.807) is 0 Å². The van der Waals surface area contributed by atoms with E-state index < -0.39 is 0 Å². The summed E-state index contributed by atoms with van der Waals surface area (Å²) in [4.78, 5) is 12.5. The van der Waals surface area contributed by atoms with E-state index in [1.165, 1.54) is 12.8 Å². The van der Waals surface area contributed by atoms with E-state index in [2.05, 4.69) is 27.7 Å². The van der Waals surface area contributed by atoms with Crippen molar-refractivity contribution in [1.82, 2.24) is 0 Å². The molecule has 0 fully saturated rings. The molecule has 0 bridgehead atoms. The van der Waals surface area contributed by atoms with Crippen molar-refractivity contribution in [2.24, 2.45) is 0 Å².